The molecule has 0 radical (unpaired) electrons. The molecular formula is C25H16N2O2. The van der Waals surface area contributed by atoms with Crippen LogP contribution < -0.4 is 0 Å². The van der Waals surface area contributed by atoms with E-state index in [0.29, 0.717) is 0 Å². The van der Waals surface area contributed by atoms with Gasteiger partial charge in [-0.25, -0.2) is 4.98 Å². The summed E-state index contributed by atoms with van der Waals surface area (Å²) >= 11 is 0. The van der Waals surface area contributed by atoms with Crippen molar-refractivity contribution in [3.63, 3.8) is 0 Å². The van der Waals surface area contributed by atoms with E-state index in [0.717, 1.165) is 38.3 Å². The van der Waals surface area contributed by atoms with Gasteiger partial charge in [0.25, 0.3) is 5.69 Å². The molecule has 0 aliphatic heterocycles. The van der Waals surface area contributed by atoms with E-state index in [1.54, 1.807) is 12.1 Å². The van der Waals surface area contributed by atoms with E-state index in [2.05, 4.69) is 36.4 Å². The second-order valence-corrected chi connectivity index (χ2v) is 6.91. The molecule has 0 spiro atoms. The molecule has 4 aromatic carbocycles. The van der Waals surface area contributed by atoms with Gasteiger partial charge in [0.15, 0.2) is 0 Å². The molecule has 5 rings (SSSR count). The van der Waals surface area contributed by atoms with Crippen molar-refractivity contribution in [1.82, 2.24) is 4.98 Å². The van der Waals surface area contributed by atoms with Crippen LogP contribution in [-0.2, 0) is 0 Å². The summed E-state index contributed by atoms with van der Waals surface area (Å²) in [5.74, 6) is 0. The summed E-state index contributed by atoms with van der Waals surface area (Å²) < 4.78 is 0. The summed E-state index contributed by atoms with van der Waals surface area (Å²) in [6.07, 6.45) is 4.08. The van der Waals surface area contributed by atoms with Crippen molar-refractivity contribution in [3.8, 4) is 0 Å². The number of rotatable bonds is 3. The van der Waals surface area contributed by atoms with Crippen molar-refractivity contribution in [3.05, 3.63) is 106 Å². The van der Waals surface area contributed by atoms with E-state index in [1.807, 2.05) is 36.4 Å². The van der Waals surface area contributed by atoms with Crippen LogP contribution in [0.25, 0.3) is 44.7 Å². The molecule has 1 heterocycles. The molecule has 1 aromatic heterocycles. The highest BCUT2D eigenvalue weighted by atomic mass is 16.6. The topological polar surface area (TPSA) is 56.0 Å². The van der Waals surface area contributed by atoms with Crippen LogP contribution in [0.4, 0.5) is 5.69 Å². The second-order valence-electron chi connectivity index (χ2n) is 6.91. The Morgan fingerprint density at radius 1 is 0.724 bits per heavy atom. The Labute approximate surface area is 166 Å². The maximum Gasteiger partial charge on any atom is 0.269 e. The number of hydrogen-bond acceptors (Lipinski definition) is 3. The van der Waals surface area contributed by atoms with Crippen LogP contribution in [0.1, 0.15) is 11.1 Å². The highest BCUT2D eigenvalue weighted by Gasteiger charge is 2.10. The molecule has 0 atom stereocenters. The number of pyridine rings is 1. The van der Waals surface area contributed by atoms with E-state index in [9.17, 15) is 10.1 Å². The molecule has 138 valence electrons. The van der Waals surface area contributed by atoms with Crippen molar-refractivity contribution in [2.24, 2.45) is 0 Å². The van der Waals surface area contributed by atoms with E-state index < -0.39 is 0 Å². The summed E-state index contributed by atoms with van der Waals surface area (Å²) in [6, 6.07) is 27.2. The van der Waals surface area contributed by atoms with Gasteiger partial charge in [-0.2, -0.15) is 0 Å². The molecule has 0 N–H and O–H groups in total. The number of para-hydroxylation sites is 1. The maximum absolute atomic E-state index is 10.9. The Kier molecular flexibility index (Phi) is 4.03. The fourth-order valence-electron chi connectivity index (χ4n) is 3.76. The zero-order chi connectivity index (χ0) is 19.8. The first kappa shape index (κ1) is 17.1. The fourth-order valence-corrected chi connectivity index (χ4v) is 3.76. The van der Waals surface area contributed by atoms with Crippen LogP contribution in [-0.4, -0.2) is 9.91 Å². The Bertz CT molecular complexity index is 1420. The predicted octanol–water partition coefficient (Wildman–Crippen LogP) is 6.62. The third-order valence-electron chi connectivity index (χ3n) is 5.16. The number of nitrogens with zero attached hydrogens (tertiary/aromatic N) is 2. The SMILES string of the molecule is O=[N+]([O-])c1ccc(/C=C/c2c3ccccc3nc3ccc4ccccc4c23)cc1. The lowest BCUT2D eigenvalue weighted by Gasteiger charge is -2.10. The van der Waals surface area contributed by atoms with Crippen LogP contribution in [0.15, 0.2) is 84.9 Å². The average Bonchev–Trinajstić information content (AvgIpc) is 2.76. The van der Waals surface area contributed by atoms with Crippen molar-refractivity contribution in [1.29, 1.82) is 0 Å². The number of fused-ring (bicyclic) bond motifs is 4. The lowest BCUT2D eigenvalue weighted by molar-refractivity contribution is -0.384. The molecule has 5 aromatic rings. The standard InChI is InChI=1S/C25H16N2O2/c28-27(29)19-13-9-17(10-14-19)11-15-22-21-7-3-4-8-23(21)26-24-16-12-18-5-1-2-6-20(18)25(22)24/h1-16H/b15-11+. The lowest BCUT2D eigenvalue weighted by Crippen LogP contribution is -1.89. The van der Waals surface area contributed by atoms with Crippen LogP contribution >= 0.6 is 0 Å². The largest absolute Gasteiger partial charge is 0.269 e. The Morgan fingerprint density at radius 3 is 2.24 bits per heavy atom. The van der Waals surface area contributed by atoms with Crippen molar-refractivity contribution in [2.45, 2.75) is 0 Å². The summed E-state index contributed by atoms with van der Waals surface area (Å²) in [6.45, 7) is 0. The molecule has 0 amide bonds. The minimum Gasteiger partial charge on any atom is -0.258 e. The first-order valence-corrected chi connectivity index (χ1v) is 9.33. The molecule has 0 fully saturated rings. The van der Waals surface area contributed by atoms with Gasteiger partial charge in [-0.3, -0.25) is 10.1 Å². The van der Waals surface area contributed by atoms with Gasteiger partial charge in [-0.15, -0.1) is 0 Å². The first-order chi connectivity index (χ1) is 14.2. The van der Waals surface area contributed by atoms with Crippen molar-refractivity contribution in [2.75, 3.05) is 0 Å². The Morgan fingerprint density at radius 2 is 1.45 bits per heavy atom. The fraction of sp³-hybridized carbons (Fsp3) is 0. The van der Waals surface area contributed by atoms with E-state index in [4.69, 9.17) is 4.98 Å². The van der Waals surface area contributed by atoms with E-state index in [1.165, 1.54) is 17.5 Å². The van der Waals surface area contributed by atoms with E-state index >= 15 is 0 Å². The molecule has 0 aliphatic rings. The second kappa shape index (κ2) is 6.84. The molecule has 4 nitrogen and oxygen atoms in total. The Balaban J connectivity index is 1.77. The smallest absolute Gasteiger partial charge is 0.258 e. The summed E-state index contributed by atoms with van der Waals surface area (Å²) in [4.78, 5) is 15.4. The third kappa shape index (κ3) is 3.01. The van der Waals surface area contributed by atoms with Gasteiger partial charge in [0.1, 0.15) is 0 Å². The lowest BCUT2D eigenvalue weighted by atomic mass is 9.96. The van der Waals surface area contributed by atoms with Crippen molar-refractivity contribution < 1.29 is 4.92 Å². The minimum atomic E-state index is -0.385. The van der Waals surface area contributed by atoms with Gasteiger partial charge in [0.2, 0.25) is 0 Å². The van der Waals surface area contributed by atoms with Crippen molar-refractivity contribution >= 4 is 50.4 Å². The third-order valence-corrected chi connectivity index (χ3v) is 5.16. The van der Waals surface area contributed by atoms with E-state index in [-0.39, 0.29) is 10.6 Å². The number of hydrogen-bond donors (Lipinski definition) is 0. The number of aromatic nitrogens is 1. The van der Waals surface area contributed by atoms with Gasteiger partial charge in [0.05, 0.1) is 16.0 Å². The number of non-ortho nitro benzene ring substituents is 1. The monoisotopic (exact) mass is 376 g/mol. The van der Waals surface area contributed by atoms with Gasteiger partial charge < -0.3 is 0 Å². The first-order valence-electron chi connectivity index (χ1n) is 9.33. The molecule has 4 heteroatoms. The highest BCUT2D eigenvalue weighted by Crippen LogP contribution is 2.33. The van der Waals surface area contributed by atoms with Crippen LogP contribution in [0, 0.1) is 10.1 Å². The molecule has 0 bridgehead atoms. The quantitative estimate of drug-likeness (QED) is 0.154. The van der Waals surface area contributed by atoms with Crippen LogP contribution in [0.2, 0.25) is 0 Å². The van der Waals surface area contributed by atoms with Crippen LogP contribution in [0.5, 0.6) is 0 Å². The molecule has 0 unspecified atom stereocenters. The number of nitro groups is 1. The average molecular weight is 376 g/mol. The summed E-state index contributed by atoms with van der Waals surface area (Å²) in [5, 5.41) is 15.4. The van der Waals surface area contributed by atoms with Gasteiger partial charge in [-0.05, 0) is 46.2 Å². The molecule has 0 saturated heterocycles. The predicted molar refractivity (Wildman–Crippen MR) is 119 cm³/mol. The highest BCUT2D eigenvalue weighted by molar-refractivity contribution is 6.15. The number of nitro benzene ring substituents is 1. The maximum atomic E-state index is 10.9. The normalized spacial score (nSPS) is 11.6. The minimum absolute atomic E-state index is 0.0907. The molecule has 0 aliphatic carbocycles. The molecule has 29 heavy (non-hydrogen) atoms. The van der Waals surface area contributed by atoms with Gasteiger partial charge in [0, 0.05) is 22.9 Å². The molecular weight excluding hydrogens is 360 g/mol. The number of benzene rings is 4. The Hall–Kier alpha value is -4.05. The van der Waals surface area contributed by atoms with Gasteiger partial charge in [-0.1, -0.05) is 60.7 Å². The summed E-state index contributed by atoms with van der Waals surface area (Å²) in [5.41, 5.74) is 3.99. The molecule has 0 saturated carbocycles. The zero-order valence-corrected chi connectivity index (χ0v) is 15.4. The summed E-state index contributed by atoms with van der Waals surface area (Å²) in [7, 11) is 0. The van der Waals surface area contributed by atoms with Gasteiger partial charge >= 0.3 is 0 Å². The zero-order valence-electron chi connectivity index (χ0n) is 15.4. The van der Waals surface area contributed by atoms with Crippen LogP contribution in [0.3, 0.4) is 0 Å².